The minimum atomic E-state index is -0.346. The number of allylic oxidation sites excluding steroid dienone is 2. The highest BCUT2D eigenvalue weighted by atomic mass is 16.3. The molecule has 4 rings (SSSR count). The predicted molar refractivity (Wildman–Crippen MR) is 83.6 cm³/mol. The summed E-state index contributed by atoms with van der Waals surface area (Å²) in [6, 6.07) is 0. The SMILES string of the molecule is CC12C=CCC1C1CC(O)C3=CC(O)CCC3(C)C1CC2. The summed E-state index contributed by atoms with van der Waals surface area (Å²) >= 11 is 0. The Morgan fingerprint density at radius 2 is 1.90 bits per heavy atom. The van der Waals surface area contributed by atoms with Crippen molar-refractivity contribution < 1.29 is 10.2 Å². The summed E-state index contributed by atoms with van der Waals surface area (Å²) in [5.41, 5.74) is 1.63. The largest absolute Gasteiger partial charge is 0.389 e. The molecule has 21 heavy (non-hydrogen) atoms. The molecular formula is C19H28O2. The Morgan fingerprint density at radius 3 is 2.71 bits per heavy atom. The lowest BCUT2D eigenvalue weighted by molar-refractivity contribution is -0.0649. The quantitative estimate of drug-likeness (QED) is 0.670. The average Bonchev–Trinajstić information content (AvgIpc) is 2.83. The highest BCUT2D eigenvalue weighted by molar-refractivity contribution is 5.29. The average molecular weight is 288 g/mol. The summed E-state index contributed by atoms with van der Waals surface area (Å²) in [4.78, 5) is 0. The zero-order valence-electron chi connectivity index (χ0n) is 13.3. The van der Waals surface area contributed by atoms with E-state index in [2.05, 4.69) is 26.0 Å². The van der Waals surface area contributed by atoms with Crippen LogP contribution in [0, 0.1) is 28.6 Å². The van der Waals surface area contributed by atoms with Crippen molar-refractivity contribution in [3.05, 3.63) is 23.8 Å². The van der Waals surface area contributed by atoms with E-state index in [1.54, 1.807) is 0 Å². The van der Waals surface area contributed by atoms with E-state index in [0.717, 1.165) is 30.8 Å². The molecule has 0 radical (unpaired) electrons. The van der Waals surface area contributed by atoms with Crippen LogP contribution in [-0.4, -0.2) is 22.4 Å². The third kappa shape index (κ3) is 1.85. The maximum atomic E-state index is 10.7. The van der Waals surface area contributed by atoms with Crippen LogP contribution in [0.2, 0.25) is 0 Å². The van der Waals surface area contributed by atoms with Gasteiger partial charge in [0.1, 0.15) is 0 Å². The fraction of sp³-hybridized carbons (Fsp3) is 0.789. The number of aliphatic hydroxyl groups is 2. The van der Waals surface area contributed by atoms with Gasteiger partial charge in [0.25, 0.3) is 0 Å². The summed E-state index contributed by atoms with van der Waals surface area (Å²) in [6.07, 6.45) is 12.7. The van der Waals surface area contributed by atoms with Crippen molar-refractivity contribution in [2.75, 3.05) is 0 Å². The predicted octanol–water partition coefficient (Wildman–Crippen LogP) is 3.45. The Balaban J connectivity index is 1.72. The summed E-state index contributed by atoms with van der Waals surface area (Å²) in [5, 5.41) is 20.7. The second kappa shape index (κ2) is 4.45. The lowest BCUT2D eigenvalue weighted by atomic mass is 9.47. The second-order valence-corrected chi connectivity index (χ2v) is 8.46. The van der Waals surface area contributed by atoms with Crippen LogP contribution in [-0.2, 0) is 0 Å². The van der Waals surface area contributed by atoms with E-state index in [-0.39, 0.29) is 17.6 Å². The molecule has 0 saturated heterocycles. The van der Waals surface area contributed by atoms with E-state index in [1.807, 2.05) is 6.08 Å². The summed E-state index contributed by atoms with van der Waals surface area (Å²) in [7, 11) is 0. The lowest BCUT2D eigenvalue weighted by Crippen LogP contribution is -2.53. The number of rotatable bonds is 0. The molecule has 2 fully saturated rings. The standard InChI is InChI=1S/C19H28O2/c1-18-7-3-4-14(18)13-11-17(21)16-10-12(20)5-9-19(16,2)15(13)6-8-18/h3,7,10,12-15,17,20-21H,4-6,8-9,11H2,1-2H3. The monoisotopic (exact) mass is 288 g/mol. The van der Waals surface area contributed by atoms with E-state index >= 15 is 0 Å². The molecule has 0 amide bonds. The fourth-order valence-electron chi connectivity index (χ4n) is 6.24. The Hall–Kier alpha value is -0.600. The van der Waals surface area contributed by atoms with Crippen LogP contribution in [0.1, 0.15) is 52.4 Å². The maximum Gasteiger partial charge on any atom is 0.0759 e. The van der Waals surface area contributed by atoms with Crippen LogP contribution in [0.4, 0.5) is 0 Å². The van der Waals surface area contributed by atoms with Crippen molar-refractivity contribution >= 4 is 0 Å². The van der Waals surface area contributed by atoms with Gasteiger partial charge in [-0.3, -0.25) is 0 Å². The number of aliphatic hydroxyl groups excluding tert-OH is 2. The Labute approximate surface area is 127 Å². The van der Waals surface area contributed by atoms with Crippen LogP contribution >= 0.6 is 0 Å². The molecule has 0 aromatic rings. The highest BCUT2D eigenvalue weighted by Crippen LogP contribution is 2.63. The lowest BCUT2D eigenvalue weighted by Gasteiger charge is -2.58. The molecule has 4 aliphatic carbocycles. The fourth-order valence-corrected chi connectivity index (χ4v) is 6.24. The van der Waals surface area contributed by atoms with Crippen LogP contribution in [0.5, 0.6) is 0 Å². The van der Waals surface area contributed by atoms with E-state index < -0.39 is 0 Å². The first-order chi connectivity index (χ1) is 9.94. The van der Waals surface area contributed by atoms with Gasteiger partial charge in [0.15, 0.2) is 0 Å². The van der Waals surface area contributed by atoms with Gasteiger partial charge in [0.05, 0.1) is 12.2 Å². The molecule has 4 aliphatic rings. The molecule has 0 aromatic heterocycles. The molecule has 2 heteroatoms. The first kappa shape index (κ1) is 14.0. The van der Waals surface area contributed by atoms with Crippen LogP contribution < -0.4 is 0 Å². The molecule has 0 spiro atoms. The number of hydrogen-bond acceptors (Lipinski definition) is 2. The van der Waals surface area contributed by atoms with E-state index in [4.69, 9.17) is 0 Å². The topological polar surface area (TPSA) is 40.5 Å². The van der Waals surface area contributed by atoms with Gasteiger partial charge in [0.2, 0.25) is 0 Å². The Bertz CT molecular complexity index is 508. The summed E-state index contributed by atoms with van der Waals surface area (Å²) in [5.74, 6) is 2.06. The van der Waals surface area contributed by atoms with Crippen molar-refractivity contribution in [2.24, 2.45) is 28.6 Å². The minimum Gasteiger partial charge on any atom is -0.389 e. The van der Waals surface area contributed by atoms with Gasteiger partial charge in [-0.15, -0.1) is 0 Å². The molecule has 0 heterocycles. The highest BCUT2D eigenvalue weighted by Gasteiger charge is 2.57. The molecule has 2 N–H and O–H groups in total. The van der Waals surface area contributed by atoms with Crippen molar-refractivity contribution in [1.29, 1.82) is 0 Å². The molecule has 7 unspecified atom stereocenters. The Morgan fingerprint density at radius 1 is 1.10 bits per heavy atom. The first-order valence-corrected chi connectivity index (χ1v) is 8.70. The molecular weight excluding hydrogens is 260 g/mol. The van der Waals surface area contributed by atoms with Crippen LogP contribution in [0.25, 0.3) is 0 Å². The van der Waals surface area contributed by atoms with Crippen molar-refractivity contribution in [3.8, 4) is 0 Å². The molecule has 7 atom stereocenters. The third-order valence-corrected chi connectivity index (χ3v) is 7.43. The van der Waals surface area contributed by atoms with E-state index in [9.17, 15) is 10.2 Å². The van der Waals surface area contributed by atoms with Gasteiger partial charge >= 0.3 is 0 Å². The van der Waals surface area contributed by atoms with Crippen molar-refractivity contribution in [2.45, 2.75) is 64.6 Å². The van der Waals surface area contributed by atoms with Crippen LogP contribution in [0.3, 0.4) is 0 Å². The Kier molecular flexibility index (Phi) is 2.97. The first-order valence-electron chi connectivity index (χ1n) is 8.70. The molecule has 0 bridgehead atoms. The van der Waals surface area contributed by atoms with Gasteiger partial charge in [-0.1, -0.05) is 32.1 Å². The van der Waals surface area contributed by atoms with Gasteiger partial charge in [-0.05, 0) is 72.7 Å². The van der Waals surface area contributed by atoms with Crippen molar-refractivity contribution in [3.63, 3.8) is 0 Å². The van der Waals surface area contributed by atoms with Gasteiger partial charge in [-0.25, -0.2) is 0 Å². The molecule has 2 saturated carbocycles. The van der Waals surface area contributed by atoms with Gasteiger partial charge < -0.3 is 10.2 Å². The second-order valence-electron chi connectivity index (χ2n) is 8.46. The summed E-state index contributed by atoms with van der Waals surface area (Å²) in [6.45, 7) is 4.78. The molecule has 2 nitrogen and oxygen atoms in total. The van der Waals surface area contributed by atoms with Crippen LogP contribution in [0.15, 0.2) is 23.8 Å². The summed E-state index contributed by atoms with van der Waals surface area (Å²) < 4.78 is 0. The maximum absolute atomic E-state index is 10.7. The smallest absolute Gasteiger partial charge is 0.0759 e. The van der Waals surface area contributed by atoms with Gasteiger partial charge in [-0.2, -0.15) is 0 Å². The molecule has 116 valence electrons. The zero-order chi connectivity index (χ0) is 14.8. The normalized spacial score (nSPS) is 55.4. The molecule has 0 aliphatic heterocycles. The number of hydrogen-bond donors (Lipinski definition) is 2. The van der Waals surface area contributed by atoms with Crippen molar-refractivity contribution in [1.82, 2.24) is 0 Å². The molecule has 0 aromatic carbocycles. The minimum absolute atomic E-state index is 0.117. The number of fused-ring (bicyclic) bond motifs is 5. The van der Waals surface area contributed by atoms with E-state index in [1.165, 1.54) is 19.3 Å². The third-order valence-electron chi connectivity index (χ3n) is 7.43. The van der Waals surface area contributed by atoms with Gasteiger partial charge in [0, 0.05) is 0 Å². The zero-order valence-corrected chi connectivity index (χ0v) is 13.3. The van der Waals surface area contributed by atoms with E-state index in [0.29, 0.717) is 17.3 Å².